The summed E-state index contributed by atoms with van der Waals surface area (Å²) in [6.45, 7) is 1.11. The lowest BCUT2D eigenvalue weighted by molar-refractivity contribution is 0.300. The maximum Gasteiger partial charge on any atom is 0.282 e. The van der Waals surface area contributed by atoms with Crippen LogP contribution in [0.25, 0.3) is 0 Å². The highest BCUT2D eigenvalue weighted by atomic mass is 32.2. The topological polar surface area (TPSA) is 99.2 Å². The number of nitrogens with zero attached hydrogens (tertiary/aromatic N) is 3. The summed E-state index contributed by atoms with van der Waals surface area (Å²) in [5, 5.41) is 11.6. The Bertz CT molecular complexity index is 425. The number of oxime groups is 1. The van der Waals surface area contributed by atoms with Crippen LogP contribution in [-0.2, 0) is 10.2 Å². The molecule has 0 bridgehead atoms. The average Bonchev–Trinajstić information content (AvgIpc) is 3.07. The molecule has 2 aliphatic rings. The molecule has 1 saturated heterocycles. The van der Waals surface area contributed by atoms with Gasteiger partial charge in [-0.05, 0) is 25.7 Å². The van der Waals surface area contributed by atoms with E-state index in [1.54, 1.807) is 0 Å². The Kier molecular flexibility index (Phi) is 4.64. The molecule has 19 heavy (non-hydrogen) atoms. The SMILES string of the molecule is NC(CN(C1CCCC1)S(=O)(=O)N1CCCC1)=NO. The van der Waals surface area contributed by atoms with Gasteiger partial charge in [0.25, 0.3) is 10.2 Å². The van der Waals surface area contributed by atoms with Crippen LogP contribution in [0.4, 0.5) is 0 Å². The van der Waals surface area contributed by atoms with Gasteiger partial charge in [-0.2, -0.15) is 17.0 Å². The van der Waals surface area contributed by atoms with Gasteiger partial charge in [0, 0.05) is 19.1 Å². The van der Waals surface area contributed by atoms with Crippen LogP contribution in [0.1, 0.15) is 38.5 Å². The van der Waals surface area contributed by atoms with Gasteiger partial charge < -0.3 is 10.9 Å². The molecule has 110 valence electrons. The van der Waals surface area contributed by atoms with Crippen molar-refractivity contribution in [1.82, 2.24) is 8.61 Å². The molecule has 8 heteroatoms. The maximum absolute atomic E-state index is 12.6. The van der Waals surface area contributed by atoms with Gasteiger partial charge >= 0.3 is 0 Å². The molecule has 2 fully saturated rings. The van der Waals surface area contributed by atoms with E-state index in [0.717, 1.165) is 38.5 Å². The van der Waals surface area contributed by atoms with E-state index in [1.807, 2.05) is 0 Å². The minimum Gasteiger partial charge on any atom is -0.409 e. The monoisotopic (exact) mass is 290 g/mol. The molecule has 3 N–H and O–H groups in total. The normalized spacial score (nSPS) is 23.5. The predicted molar refractivity (Wildman–Crippen MR) is 72.1 cm³/mol. The van der Waals surface area contributed by atoms with E-state index in [9.17, 15) is 8.42 Å². The highest BCUT2D eigenvalue weighted by molar-refractivity contribution is 7.86. The lowest BCUT2D eigenvalue weighted by atomic mass is 10.2. The summed E-state index contributed by atoms with van der Waals surface area (Å²) < 4.78 is 28.2. The van der Waals surface area contributed by atoms with E-state index in [2.05, 4.69) is 5.16 Å². The number of hydrogen-bond acceptors (Lipinski definition) is 4. The Morgan fingerprint density at radius 2 is 1.84 bits per heavy atom. The summed E-state index contributed by atoms with van der Waals surface area (Å²) in [4.78, 5) is 0. The minimum atomic E-state index is -3.49. The van der Waals surface area contributed by atoms with Crippen LogP contribution in [0, 0.1) is 0 Å². The molecule has 0 unspecified atom stereocenters. The molecule has 7 nitrogen and oxygen atoms in total. The second kappa shape index (κ2) is 6.06. The van der Waals surface area contributed by atoms with Crippen molar-refractivity contribution in [3.8, 4) is 0 Å². The van der Waals surface area contributed by atoms with Crippen molar-refractivity contribution >= 4 is 16.0 Å². The van der Waals surface area contributed by atoms with Crippen molar-refractivity contribution in [2.24, 2.45) is 10.9 Å². The maximum atomic E-state index is 12.6. The van der Waals surface area contributed by atoms with E-state index in [0.29, 0.717) is 13.1 Å². The van der Waals surface area contributed by atoms with Crippen LogP contribution in [0.5, 0.6) is 0 Å². The highest BCUT2D eigenvalue weighted by Crippen LogP contribution is 2.28. The van der Waals surface area contributed by atoms with Crippen LogP contribution >= 0.6 is 0 Å². The third-order valence-corrected chi connectivity index (χ3v) is 5.90. The van der Waals surface area contributed by atoms with Crippen molar-refractivity contribution in [2.75, 3.05) is 19.6 Å². The average molecular weight is 290 g/mol. The lowest BCUT2D eigenvalue weighted by Crippen LogP contribution is -2.50. The van der Waals surface area contributed by atoms with Crippen LogP contribution in [0.2, 0.25) is 0 Å². The predicted octanol–water partition coefficient (Wildman–Crippen LogP) is 0.318. The smallest absolute Gasteiger partial charge is 0.282 e. The summed E-state index contributed by atoms with van der Waals surface area (Å²) in [7, 11) is -3.49. The van der Waals surface area contributed by atoms with Gasteiger partial charge in [-0.3, -0.25) is 0 Å². The molecule has 0 spiro atoms. The molecule has 1 aliphatic heterocycles. The van der Waals surface area contributed by atoms with Gasteiger partial charge in [-0.25, -0.2) is 0 Å². The van der Waals surface area contributed by atoms with Crippen LogP contribution < -0.4 is 5.73 Å². The summed E-state index contributed by atoms with van der Waals surface area (Å²) in [5.41, 5.74) is 5.51. The molecule has 1 aliphatic carbocycles. The van der Waals surface area contributed by atoms with Crippen LogP contribution in [-0.4, -0.2) is 53.7 Å². The molecule has 0 aromatic carbocycles. The first-order chi connectivity index (χ1) is 9.05. The Morgan fingerprint density at radius 1 is 1.26 bits per heavy atom. The molecule has 1 saturated carbocycles. The molecular formula is C11H22N4O3S. The second-order valence-corrected chi connectivity index (χ2v) is 7.07. The summed E-state index contributed by atoms with van der Waals surface area (Å²) in [6, 6.07) is -0.0223. The van der Waals surface area contributed by atoms with Crippen molar-refractivity contribution in [3.05, 3.63) is 0 Å². The van der Waals surface area contributed by atoms with Gasteiger partial charge in [-0.15, -0.1) is 0 Å². The Morgan fingerprint density at radius 3 is 2.37 bits per heavy atom. The zero-order chi connectivity index (χ0) is 13.9. The van der Waals surface area contributed by atoms with Gasteiger partial charge in [0.15, 0.2) is 5.84 Å². The molecule has 0 atom stereocenters. The van der Waals surface area contributed by atoms with Gasteiger partial charge in [0.05, 0.1) is 6.54 Å². The Hall–Kier alpha value is -0.860. The van der Waals surface area contributed by atoms with Gasteiger partial charge in [0.1, 0.15) is 0 Å². The fourth-order valence-corrected chi connectivity index (χ4v) is 4.75. The standard InChI is InChI=1S/C11H22N4O3S/c12-11(13-16)9-15(10-5-1-2-6-10)19(17,18)14-7-3-4-8-14/h10,16H,1-9H2,(H2,12,13). The quantitative estimate of drug-likeness (QED) is 0.329. The van der Waals surface area contributed by atoms with Crippen molar-refractivity contribution in [2.45, 2.75) is 44.6 Å². The van der Waals surface area contributed by atoms with E-state index in [-0.39, 0.29) is 18.4 Å². The van der Waals surface area contributed by atoms with E-state index >= 15 is 0 Å². The highest BCUT2D eigenvalue weighted by Gasteiger charge is 2.37. The number of nitrogens with two attached hydrogens (primary N) is 1. The number of amidine groups is 1. The second-order valence-electron chi connectivity index (χ2n) is 5.19. The minimum absolute atomic E-state index is 0.0223. The molecule has 2 rings (SSSR count). The first-order valence-electron chi connectivity index (χ1n) is 6.79. The number of rotatable bonds is 5. The largest absolute Gasteiger partial charge is 0.409 e. The van der Waals surface area contributed by atoms with Gasteiger partial charge in [0.2, 0.25) is 0 Å². The third kappa shape index (κ3) is 3.18. The van der Waals surface area contributed by atoms with Crippen LogP contribution in [0.15, 0.2) is 5.16 Å². The molecule has 0 aromatic rings. The fourth-order valence-electron chi connectivity index (χ4n) is 2.85. The zero-order valence-corrected chi connectivity index (χ0v) is 11.8. The van der Waals surface area contributed by atoms with Crippen molar-refractivity contribution < 1.29 is 13.6 Å². The summed E-state index contributed by atoms with van der Waals surface area (Å²) >= 11 is 0. The first-order valence-corrected chi connectivity index (χ1v) is 8.18. The zero-order valence-electron chi connectivity index (χ0n) is 11.0. The Labute approximate surface area is 114 Å². The van der Waals surface area contributed by atoms with Crippen molar-refractivity contribution in [1.29, 1.82) is 0 Å². The first kappa shape index (κ1) is 14.5. The van der Waals surface area contributed by atoms with E-state index < -0.39 is 10.2 Å². The summed E-state index contributed by atoms with van der Waals surface area (Å²) in [6.07, 6.45) is 5.58. The van der Waals surface area contributed by atoms with E-state index in [1.165, 1.54) is 8.61 Å². The third-order valence-electron chi connectivity index (χ3n) is 3.87. The molecular weight excluding hydrogens is 268 g/mol. The molecule has 0 aromatic heterocycles. The molecule has 0 radical (unpaired) electrons. The van der Waals surface area contributed by atoms with E-state index in [4.69, 9.17) is 10.9 Å². The van der Waals surface area contributed by atoms with Crippen molar-refractivity contribution in [3.63, 3.8) is 0 Å². The van der Waals surface area contributed by atoms with Crippen LogP contribution in [0.3, 0.4) is 0 Å². The number of hydrogen-bond donors (Lipinski definition) is 2. The lowest BCUT2D eigenvalue weighted by Gasteiger charge is -2.31. The fraction of sp³-hybridized carbons (Fsp3) is 0.909. The Balaban J connectivity index is 2.19. The summed E-state index contributed by atoms with van der Waals surface area (Å²) in [5.74, 6) is -0.0605. The molecule has 1 heterocycles. The molecule has 0 amide bonds. The van der Waals surface area contributed by atoms with Gasteiger partial charge in [-0.1, -0.05) is 18.0 Å².